The Morgan fingerprint density at radius 1 is 1.33 bits per heavy atom. The van der Waals surface area contributed by atoms with Gasteiger partial charge in [-0.05, 0) is 56.9 Å². The zero-order chi connectivity index (χ0) is 15.3. The average Bonchev–Trinajstić information content (AvgIpc) is 2.45. The molecule has 4 nitrogen and oxygen atoms in total. The standard InChI is InChI=1S/C17H26N2O2/c1-4-9-18-14-5-6-15(13(2)12-14)16(20)19-17(3)7-10-21-11-8-17/h5-6,12,18H,4,7-11H2,1-3H3,(H,19,20). The minimum Gasteiger partial charge on any atom is -0.385 e. The highest BCUT2D eigenvalue weighted by Crippen LogP contribution is 2.22. The average molecular weight is 290 g/mol. The van der Waals surface area contributed by atoms with E-state index in [1.54, 1.807) is 0 Å². The van der Waals surface area contributed by atoms with E-state index in [9.17, 15) is 4.79 Å². The van der Waals surface area contributed by atoms with Crippen LogP contribution in [0.2, 0.25) is 0 Å². The molecule has 1 saturated heterocycles. The van der Waals surface area contributed by atoms with Crippen molar-refractivity contribution >= 4 is 11.6 Å². The van der Waals surface area contributed by atoms with Crippen LogP contribution < -0.4 is 10.6 Å². The Labute approximate surface area is 127 Å². The van der Waals surface area contributed by atoms with E-state index in [0.717, 1.165) is 55.8 Å². The first kappa shape index (κ1) is 15.8. The lowest BCUT2D eigenvalue weighted by Crippen LogP contribution is -2.49. The third-order valence-corrected chi connectivity index (χ3v) is 4.06. The molecule has 0 aromatic heterocycles. The SMILES string of the molecule is CCCNc1ccc(C(=O)NC2(C)CCOCC2)c(C)c1. The highest BCUT2D eigenvalue weighted by atomic mass is 16.5. The summed E-state index contributed by atoms with van der Waals surface area (Å²) in [6.07, 6.45) is 2.82. The number of carbonyl (C=O) groups excluding carboxylic acids is 1. The number of hydrogen-bond donors (Lipinski definition) is 2. The van der Waals surface area contributed by atoms with E-state index < -0.39 is 0 Å². The Morgan fingerprint density at radius 2 is 2.05 bits per heavy atom. The zero-order valence-corrected chi connectivity index (χ0v) is 13.3. The molecular formula is C17H26N2O2. The number of rotatable bonds is 5. The van der Waals surface area contributed by atoms with Gasteiger partial charge >= 0.3 is 0 Å². The molecule has 1 heterocycles. The predicted molar refractivity (Wildman–Crippen MR) is 85.9 cm³/mol. The van der Waals surface area contributed by atoms with Gasteiger partial charge in [-0.15, -0.1) is 0 Å². The second kappa shape index (κ2) is 6.94. The Kier molecular flexibility index (Phi) is 5.23. The topological polar surface area (TPSA) is 50.4 Å². The van der Waals surface area contributed by atoms with Crippen LogP contribution in [0.4, 0.5) is 5.69 Å². The Morgan fingerprint density at radius 3 is 2.67 bits per heavy atom. The van der Waals surface area contributed by atoms with Crippen LogP contribution >= 0.6 is 0 Å². The number of carbonyl (C=O) groups is 1. The molecule has 0 spiro atoms. The van der Waals surface area contributed by atoms with E-state index >= 15 is 0 Å². The first-order valence-corrected chi connectivity index (χ1v) is 7.79. The van der Waals surface area contributed by atoms with Crippen molar-refractivity contribution in [1.82, 2.24) is 5.32 Å². The van der Waals surface area contributed by atoms with Crippen molar-refractivity contribution in [3.8, 4) is 0 Å². The van der Waals surface area contributed by atoms with Gasteiger partial charge in [-0.2, -0.15) is 0 Å². The molecule has 4 heteroatoms. The van der Waals surface area contributed by atoms with Gasteiger partial charge in [0.1, 0.15) is 0 Å². The Bertz CT molecular complexity index is 494. The monoisotopic (exact) mass is 290 g/mol. The molecule has 0 aliphatic carbocycles. The van der Waals surface area contributed by atoms with Crippen LogP contribution in [0.3, 0.4) is 0 Å². The first-order valence-electron chi connectivity index (χ1n) is 7.79. The van der Waals surface area contributed by atoms with Gasteiger partial charge in [-0.3, -0.25) is 4.79 Å². The summed E-state index contributed by atoms with van der Waals surface area (Å²) in [7, 11) is 0. The van der Waals surface area contributed by atoms with E-state index in [1.807, 2.05) is 25.1 Å². The molecule has 1 aromatic carbocycles. The van der Waals surface area contributed by atoms with Gasteiger partial charge in [0.05, 0.1) is 0 Å². The lowest BCUT2D eigenvalue weighted by Gasteiger charge is -2.34. The lowest BCUT2D eigenvalue weighted by molar-refractivity contribution is 0.0422. The summed E-state index contributed by atoms with van der Waals surface area (Å²) in [5.74, 6) is 0.0129. The molecule has 116 valence electrons. The predicted octanol–water partition coefficient (Wildman–Crippen LogP) is 3.12. The second-order valence-electron chi connectivity index (χ2n) is 6.08. The molecule has 0 saturated carbocycles. The van der Waals surface area contributed by atoms with Gasteiger partial charge in [0, 0.05) is 36.5 Å². The van der Waals surface area contributed by atoms with Gasteiger partial charge in [0.25, 0.3) is 5.91 Å². The van der Waals surface area contributed by atoms with E-state index in [0.29, 0.717) is 0 Å². The maximum atomic E-state index is 12.5. The van der Waals surface area contributed by atoms with Crippen LogP contribution in [0, 0.1) is 6.92 Å². The number of hydrogen-bond acceptors (Lipinski definition) is 3. The molecule has 0 bridgehead atoms. The Balaban J connectivity index is 2.05. The number of benzene rings is 1. The highest BCUT2D eigenvalue weighted by molar-refractivity contribution is 5.96. The van der Waals surface area contributed by atoms with Crippen molar-refractivity contribution in [2.75, 3.05) is 25.1 Å². The van der Waals surface area contributed by atoms with E-state index in [2.05, 4.69) is 24.5 Å². The highest BCUT2D eigenvalue weighted by Gasteiger charge is 2.29. The summed E-state index contributed by atoms with van der Waals surface area (Å²) in [6, 6.07) is 5.92. The van der Waals surface area contributed by atoms with Crippen molar-refractivity contribution in [2.24, 2.45) is 0 Å². The molecule has 21 heavy (non-hydrogen) atoms. The lowest BCUT2D eigenvalue weighted by atomic mass is 9.92. The molecule has 2 N–H and O–H groups in total. The van der Waals surface area contributed by atoms with Crippen molar-refractivity contribution in [3.63, 3.8) is 0 Å². The number of aryl methyl sites for hydroxylation is 1. The number of anilines is 1. The van der Waals surface area contributed by atoms with Crippen LogP contribution in [0.15, 0.2) is 18.2 Å². The molecule has 0 unspecified atom stereocenters. The van der Waals surface area contributed by atoms with Crippen LogP contribution in [0.25, 0.3) is 0 Å². The molecule has 1 aromatic rings. The molecular weight excluding hydrogens is 264 g/mol. The van der Waals surface area contributed by atoms with Gasteiger partial charge in [0.2, 0.25) is 0 Å². The van der Waals surface area contributed by atoms with Gasteiger partial charge in [0.15, 0.2) is 0 Å². The maximum Gasteiger partial charge on any atom is 0.251 e. The molecule has 1 fully saturated rings. The second-order valence-corrected chi connectivity index (χ2v) is 6.08. The third kappa shape index (κ3) is 4.21. The maximum absolute atomic E-state index is 12.5. The third-order valence-electron chi connectivity index (χ3n) is 4.06. The largest absolute Gasteiger partial charge is 0.385 e. The minimum atomic E-state index is -0.152. The van der Waals surface area contributed by atoms with Gasteiger partial charge in [-0.25, -0.2) is 0 Å². The molecule has 0 atom stereocenters. The molecule has 1 amide bonds. The van der Waals surface area contributed by atoms with E-state index in [-0.39, 0.29) is 11.4 Å². The van der Waals surface area contributed by atoms with Crippen LogP contribution in [0.1, 0.15) is 49.0 Å². The van der Waals surface area contributed by atoms with Crippen LogP contribution in [0.5, 0.6) is 0 Å². The van der Waals surface area contributed by atoms with Gasteiger partial charge in [-0.1, -0.05) is 6.92 Å². The normalized spacial score (nSPS) is 17.3. The van der Waals surface area contributed by atoms with Crippen molar-refractivity contribution in [2.45, 2.75) is 45.6 Å². The fourth-order valence-corrected chi connectivity index (χ4v) is 2.59. The number of ether oxygens (including phenoxy) is 1. The fraction of sp³-hybridized carbons (Fsp3) is 0.588. The zero-order valence-electron chi connectivity index (χ0n) is 13.3. The number of nitrogens with one attached hydrogen (secondary N) is 2. The summed E-state index contributed by atoms with van der Waals surface area (Å²) < 4.78 is 5.37. The summed E-state index contributed by atoms with van der Waals surface area (Å²) in [5, 5.41) is 6.52. The van der Waals surface area contributed by atoms with Gasteiger partial charge < -0.3 is 15.4 Å². The van der Waals surface area contributed by atoms with Crippen LogP contribution in [-0.4, -0.2) is 31.2 Å². The smallest absolute Gasteiger partial charge is 0.251 e. The van der Waals surface area contributed by atoms with Crippen molar-refractivity contribution in [1.29, 1.82) is 0 Å². The molecule has 1 aliphatic rings. The van der Waals surface area contributed by atoms with E-state index in [1.165, 1.54) is 0 Å². The number of amides is 1. The van der Waals surface area contributed by atoms with E-state index in [4.69, 9.17) is 4.74 Å². The van der Waals surface area contributed by atoms with Crippen molar-refractivity contribution < 1.29 is 9.53 Å². The minimum absolute atomic E-state index is 0.0129. The summed E-state index contributed by atoms with van der Waals surface area (Å²) >= 11 is 0. The molecule has 0 radical (unpaired) electrons. The fourth-order valence-electron chi connectivity index (χ4n) is 2.59. The first-order chi connectivity index (χ1) is 10.0. The summed E-state index contributed by atoms with van der Waals surface area (Å²) in [5.41, 5.74) is 2.68. The van der Waals surface area contributed by atoms with Crippen molar-refractivity contribution in [3.05, 3.63) is 29.3 Å². The Hall–Kier alpha value is -1.55. The summed E-state index contributed by atoms with van der Waals surface area (Å²) in [6.45, 7) is 8.60. The molecule has 2 rings (SSSR count). The quantitative estimate of drug-likeness (QED) is 0.876. The molecule has 1 aliphatic heterocycles. The van der Waals surface area contributed by atoms with Crippen LogP contribution in [-0.2, 0) is 4.74 Å². The summed E-state index contributed by atoms with van der Waals surface area (Å²) in [4.78, 5) is 12.5.